The van der Waals surface area contributed by atoms with Crippen LogP contribution in [0.25, 0.3) is 0 Å². The Balaban J connectivity index is -0.00000000427. The smallest absolute Gasteiger partial charge is 0.870 e. The summed E-state index contributed by atoms with van der Waals surface area (Å²) in [5.41, 5.74) is 0. The second kappa shape index (κ2) is 43.0. The molecule has 0 aliphatic heterocycles. The molecule has 0 aromatic heterocycles. The van der Waals surface area contributed by atoms with Gasteiger partial charge < -0.3 is 51.1 Å². The minimum atomic E-state index is -5.17. The Morgan fingerprint density at radius 3 is 0.450 bits per heavy atom. The Morgan fingerprint density at radius 2 is 0.450 bits per heavy atom. The molecule has 0 unspecified atom stereocenters. The first kappa shape index (κ1) is 93.4. The maximum Gasteiger partial charge on any atom is 3.00 e. The van der Waals surface area contributed by atoms with E-state index in [4.69, 9.17) is 35.0 Å². The third-order valence-corrected chi connectivity index (χ3v) is 0. The number of hydrogen-bond acceptors (Lipinski definition) is 14. The third kappa shape index (κ3) is 1110. The van der Waals surface area contributed by atoms with Crippen LogP contribution in [-0.2, 0) is 72.0 Å². The van der Waals surface area contributed by atoms with Crippen LogP contribution in [0.3, 0.4) is 0 Å². The summed E-state index contributed by atoms with van der Waals surface area (Å²) in [4.78, 5) is 0. The van der Waals surface area contributed by atoms with Gasteiger partial charge in [0.25, 0.3) is 0 Å². The molecule has 0 rings (SSSR count). The van der Waals surface area contributed by atoms with Crippen molar-refractivity contribution in [3.63, 3.8) is 0 Å². The van der Waals surface area contributed by atoms with Crippen LogP contribution in [0.15, 0.2) is 0 Å². The third-order valence-electron chi connectivity index (χ3n) is 0. The van der Waals surface area contributed by atoms with Crippen LogP contribution in [0.2, 0.25) is 0 Å². The summed E-state index contributed by atoms with van der Waals surface area (Å²) in [5.74, 6) is 0. The van der Waals surface area contributed by atoms with Crippen LogP contribution in [0.4, 0.5) is 0 Å². The Kier molecular flexibility index (Phi) is 201. The van der Waals surface area contributed by atoms with Gasteiger partial charge in [0.15, 0.2) is 0 Å². The van der Waals surface area contributed by atoms with Crippen LogP contribution >= 0.6 is 0 Å². The molecule has 0 aliphatic carbocycles. The molecule has 20 heteroatoms. The minimum Gasteiger partial charge on any atom is -0.870 e. The Morgan fingerprint density at radius 1 is 0.450 bits per heavy atom. The molecule has 0 aliphatic rings. The Bertz CT molecular complexity index is 223. The molecule has 0 heterocycles. The van der Waals surface area contributed by atoms with E-state index in [1.807, 2.05) is 0 Å². The first-order chi connectivity index (χ1) is 4.00. The van der Waals surface area contributed by atoms with Crippen molar-refractivity contribution in [2.75, 3.05) is 0 Å². The zero-order chi connectivity index (χ0) is 9.00. The molecule has 0 saturated heterocycles. The fraction of sp³-hybridized carbons (Fsp3) is 0. The fourth-order valence-corrected chi connectivity index (χ4v) is 0. The summed E-state index contributed by atoms with van der Waals surface area (Å²) in [6, 6.07) is 0. The molecule has 0 spiro atoms. The topological polar surface area (TPSA) is 341 Å². The summed E-state index contributed by atoms with van der Waals surface area (Å²) in [5, 5.41) is 0. The standard InChI is InChI=1S/3Fe.K.2H2O4S.6H2O/c;;;;2*1-5(2,3)4;;;;;;/h;;;;2*(H2,1,2,3,4);6*1H2/q3*+3;+1;;;;;;;;/p-10. The van der Waals surface area contributed by atoms with Gasteiger partial charge in [-0.05, 0) is 0 Å². The van der Waals surface area contributed by atoms with Gasteiger partial charge in [-0.2, -0.15) is 0 Å². The van der Waals surface area contributed by atoms with Gasteiger partial charge in [0.2, 0.25) is 0 Å². The maximum absolute atomic E-state index is 8.52. The SMILES string of the molecule is O=S(=O)([O-])[O-].O=S(=O)([O-])[O-].[Fe+3].[Fe+3].[Fe+3].[K+].[OH-].[OH-].[OH-].[OH-].[OH-].[OH-]. The zero-order valence-electron chi connectivity index (χ0n) is 8.83. The Labute approximate surface area is 188 Å². The van der Waals surface area contributed by atoms with Crippen molar-refractivity contribution in [1.29, 1.82) is 0 Å². The molecule has 6 N–H and O–H groups in total. The molecule has 0 aromatic rings. The predicted molar refractivity (Wildman–Crippen MR) is 32.6 cm³/mol. The van der Waals surface area contributed by atoms with Gasteiger partial charge in [0.05, 0.1) is 0 Å². The molecule has 0 amide bonds. The molecule has 20 heavy (non-hydrogen) atoms. The van der Waals surface area contributed by atoms with Gasteiger partial charge in [0.1, 0.15) is 0 Å². The summed E-state index contributed by atoms with van der Waals surface area (Å²) < 4.78 is 68.2. The summed E-state index contributed by atoms with van der Waals surface area (Å²) in [7, 11) is -10.3. The van der Waals surface area contributed by atoms with E-state index in [1.165, 1.54) is 0 Å². The molecule has 14 nitrogen and oxygen atoms in total. The average molecular weight is 501 g/mol. The predicted octanol–water partition coefficient (Wildman–Crippen LogP) is -6.74. The minimum absolute atomic E-state index is 0. The van der Waals surface area contributed by atoms with E-state index in [9.17, 15) is 0 Å². The van der Waals surface area contributed by atoms with Crippen molar-refractivity contribution in [3.05, 3.63) is 0 Å². The maximum atomic E-state index is 8.52. The van der Waals surface area contributed by atoms with Crippen molar-refractivity contribution < 1.29 is 170 Å². The van der Waals surface area contributed by atoms with E-state index < -0.39 is 20.8 Å². The average Bonchev–Trinajstić information content (AvgIpc) is 1.12. The molecule has 0 atom stereocenters. The molecule has 3 radical (unpaired) electrons. The first-order valence-corrected chi connectivity index (χ1v) is 4.00. The second-order valence-corrected chi connectivity index (χ2v) is 2.45. The van der Waals surface area contributed by atoms with Crippen molar-refractivity contribution in [2.24, 2.45) is 0 Å². The van der Waals surface area contributed by atoms with Gasteiger partial charge in [-0.1, -0.05) is 0 Å². The normalized spacial score (nSPS) is 5.80. The van der Waals surface area contributed by atoms with Gasteiger partial charge in [0, 0.05) is 20.8 Å². The van der Waals surface area contributed by atoms with E-state index in [1.54, 1.807) is 0 Å². The van der Waals surface area contributed by atoms with Crippen LogP contribution in [0.1, 0.15) is 0 Å². The molecule has 0 saturated carbocycles. The second-order valence-electron chi connectivity index (χ2n) is 0.816. The van der Waals surface area contributed by atoms with E-state index in [0.717, 1.165) is 0 Å². The van der Waals surface area contributed by atoms with Crippen molar-refractivity contribution in [3.8, 4) is 0 Å². The summed E-state index contributed by atoms with van der Waals surface area (Å²) in [6.07, 6.45) is 0. The van der Waals surface area contributed by atoms with Crippen LogP contribution < -0.4 is 51.4 Å². The van der Waals surface area contributed by atoms with Crippen molar-refractivity contribution in [2.45, 2.75) is 0 Å². The summed E-state index contributed by atoms with van der Waals surface area (Å²) >= 11 is 0. The Hall–Kier alpha value is 2.69. The molecule has 0 fully saturated rings. The number of rotatable bonds is 0. The van der Waals surface area contributed by atoms with Crippen LogP contribution in [0, 0.1) is 0 Å². The molecule has 0 aromatic carbocycles. The molecular formula is H6Fe3KO14S2. The van der Waals surface area contributed by atoms with E-state index in [0.29, 0.717) is 0 Å². The molecule has 0 bridgehead atoms. The fourth-order valence-electron chi connectivity index (χ4n) is 0. The van der Waals surface area contributed by atoms with Gasteiger partial charge in [-0.3, -0.25) is 16.8 Å². The summed E-state index contributed by atoms with van der Waals surface area (Å²) in [6.45, 7) is 0. The largest absolute Gasteiger partial charge is 3.00 e. The van der Waals surface area contributed by atoms with Gasteiger partial charge in [-0.15, -0.1) is 0 Å². The van der Waals surface area contributed by atoms with E-state index >= 15 is 0 Å². The van der Waals surface area contributed by atoms with Gasteiger partial charge in [-0.25, -0.2) is 0 Å². The molecular weight excluding hydrogens is 495 g/mol. The van der Waals surface area contributed by atoms with Crippen LogP contribution in [-0.4, -0.2) is 67.9 Å². The van der Waals surface area contributed by atoms with E-state index in [2.05, 4.69) is 0 Å². The number of hydrogen-bond donors (Lipinski definition) is 0. The van der Waals surface area contributed by atoms with Crippen molar-refractivity contribution in [1.82, 2.24) is 0 Å². The first-order valence-electron chi connectivity index (χ1n) is 1.33. The zero-order valence-corrected chi connectivity index (χ0v) is 16.9. The van der Waals surface area contributed by atoms with Crippen LogP contribution in [0.5, 0.6) is 0 Å². The molecule has 127 valence electrons. The quantitative estimate of drug-likeness (QED) is 0.169. The van der Waals surface area contributed by atoms with Crippen molar-refractivity contribution >= 4 is 20.8 Å². The monoisotopic (exact) mass is 501 g/mol. The van der Waals surface area contributed by atoms with E-state index in [-0.39, 0.29) is 135 Å². The van der Waals surface area contributed by atoms with Gasteiger partial charge >= 0.3 is 103 Å².